The molecule has 1 fully saturated rings. The van der Waals surface area contributed by atoms with Gasteiger partial charge in [-0.25, -0.2) is 9.59 Å². The lowest BCUT2D eigenvalue weighted by molar-refractivity contribution is -0.673. The first kappa shape index (κ1) is 24.9. The molecule has 0 bridgehead atoms. The van der Waals surface area contributed by atoms with Gasteiger partial charge in [-0.1, -0.05) is 22.7 Å². The first-order valence-corrected chi connectivity index (χ1v) is 13.5. The highest BCUT2D eigenvalue weighted by atomic mass is 32.2. The van der Waals surface area contributed by atoms with Gasteiger partial charge in [-0.05, 0) is 41.6 Å². The SMILES string of the molecule is Cc1cc[n+]([O-])nc1SCC1=S(C(=O)O)N2C(=O)[C@@H](NC(=O)C(NC(N)=O)c3cccs3)C2CC1. The van der Waals surface area contributed by atoms with Crippen LogP contribution in [0.4, 0.5) is 9.59 Å². The van der Waals surface area contributed by atoms with Crippen molar-refractivity contribution in [2.24, 2.45) is 5.73 Å². The summed E-state index contributed by atoms with van der Waals surface area (Å²) in [7, 11) is -1.48. The van der Waals surface area contributed by atoms with Gasteiger partial charge in [-0.15, -0.1) is 11.3 Å². The Morgan fingerprint density at radius 1 is 1.46 bits per heavy atom. The third kappa shape index (κ3) is 5.11. The zero-order valence-electron chi connectivity index (χ0n) is 18.4. The van der Waals surface area contributed by atoms with Crippen molar-refractivity contribution in [3.8, 4) is 0 Å². The fourth-order valence-corrected chi connectivity index (χ4v) is 7.97. The lowest BCUT2D eigenvalue weighted by Gasteiger charge is -2.50. The number of aromatic nitrogens is 2. The van der Waals surface area contributed by atoms with Gasteiger partial charge in [0.05, 0.1) is 6.04 Å². The second-order valence-corrected chi connectivity index (χ2v) is 11.6. The number of nitrogens with zero attached hydrogens (tertiary/aromatic N) is 3. The molecule has 3 unspecified atom stereocenters. The average Bonchev–Trinajstić information content (AvgIpc) is 3.35. The molecule has 2 aliphatic heterocycles. The molecule has 4 rings (SSSR count). The van der Waals surface area contributed by atoms with E-state index in [-0.39, 0.29) is 0 Å². The first-order chi connectivity index (χ1) is 16.7. The number of fused-ring (bicyclic) bond motifs is 1. The lowest BCUT2D eigenvalue weighted by Crippen LogP contribution is -2.70. The van der Waals surface area contributed by atoms with Gasteiger partial charge < -0.3 is 26.7 Å². The summed E-state index contributed by atoms with van der Waals surface area (Å²) in [6, 6.07) is 1.71. The van der Waals surface area contributed by atoms with Crippen LogP contribution in [0.1, 0.15) is 29.3 Å². The second-order valence-electron chi connectivity index (χ2n) is 7.80. The Balaban J connectivity index is 1.49. The topological polar surface area (TPSA) is 182 Å². The molecule has 15 heteroatoms. The summed E-state index contributed by atoms with van der Waals surface area (Å²) < 4.78 is 1.31. The predicted molar refractivity (Wildman–Crippen MR) is 131 cm³/mol. The third-order valence-corrected chi connectivity index (χ3v) is 9.91. The number of primary amides is 1. The molecule has 4 heterocycles. The monoisotopic (exact) mass is 538 g/mol. The fraction of sp³-hybridized carbons (Fsp3) is 0.350. The molecule has 2 aromatic rings. The van der Waals surface area contributed by atoms with Gasteiger partial charge in [0.25, 0.3) is 5.91 Å². The van der Waals surface area contributed by atoms with E-state index in [1.165, 1.54) is 33.6 Å². The van der Waals surface area contributed by atoms with E-state index in [9.17, 15) is 29.5 Å². The van der Waals surface area contributed by atoms with E-state index in [1.54, 1.807) is 30.5 Å². The van der Waals surface area contributed by atoms with Gasteiger partial charge in [-0.3, -0.25) is 13.9 Å². The Hall–Kier alpha value is -3.17. The zero-order chi connectivity index (χ0) is 25.3. The van der Waals surface area contributed by atoms with Crippen molar-refractivity contribution in [1.82, 2.24) is 20.0 Å². The van der Waals surface area contributed by atoms with E-state index in [2.05, 4.69) is 15.7 Å². The minimum Gasteiger partial charge on any atom is -0.594 e. The number of thiophene rings is 1. The number of carboxylic acid groups (broad SMARTS) is 1. The van der Waals surface area contributed by atoms with Gasteiger partial charge >= 0.3 is 11.3 Å². The average molecular weight is 539 g/mol. The van der Waals surface area contributed by atoms with Crippen molar-refractivity contribution in [2.75, 3.05) is 5.75 Å². The van der Waals surface area contributed by atoms with Crippen molar-refractivity contribution in [3.05, 3.63) is 45.4 Å². The summed E-state index contributed by atoms with van der Waals surface area (Å²) in [5.41, 5.74) is 6.00. The second kappa shape index (κ2) is 10.2. The molecule has 0 aliphatic carbocycles. The molecule has 2 aliphatic rings. The Kier molecular flexibility index (Phi) is 7.28. The number of β-lactam (4-membered cyclic amide) rings is 1. The number of thioether (sulfide) groups is 1. The lowest BCUT2D eigenvalue weighted by atomic mass is 9.93. The summed E-state index contributed by atoms with van der Waals surface area (Å²) in [6.07, 6.45) is 2.20. The molecule has 35 heavy (non-hydrogen) atoms. The molecule has 2 aromatic heterocycles. The summed E-state index contributed by atoms with van der Waals surface area (Å²) in [5.74, 6) is -0.794. The van der Waals surface area contributed by atoms with Crippen molar-refractivity contribution in [1.29, 1.82) is 0 Å². The van der Waals surface area contributed by atoms with Crippen LogP contribution >= 0.6 is 33.8 Å². The maximum Gasteiger partial charge on any atom is 0.378 e. The number of aryl methyl sites for hydroxylation is 1. The Morgan fingerprint density at radius 3 is 2.89 bits per heavy atom. The molecule has 0 spiro atoms. The van der Waals surface area contributed by atoms with E-state index >= 15 is 0 Å². The summed E-state index contributed by atoms with van der Waals surface area (Å²) in [6.45, 7) is 1.80. The zero-order valence-corrected chi connectivity index (χ0v) is 20.8. The Morgan fingerprint density at radius 2 is 2.23 bits per heavy atom. The quantitative estimate of drug-likeness (QED) is 0.133. The summed E-state index contributed by atoms with van der Waals surface area (Å²) in [4.78, 5) is 51.0. The van der Waals surface area contributed by atoms with Crippen LogP contribution in [-0.4, -0.2) is 60.4 Å². The van der Waals surface area contributed by atoms with Crippen molar-refractivity contribution in [2.45, 2.75) is 42.9 Å². The van der Waals surface area contributed by atoms with Gasteiger partial charge in [0.2, 0.25) is 12.1 Å². The van der Waals surface area contributed by atoms with E-state index in [0.717, 1.165) is 5.56 Å². The number of urea groups is 1. The fourth-order valence-electron chi connectivity index (χ4n) is 3.91. The smallest absolute Gasteiger partial charge is 0.378 e. The standard InChI is InChI=1S/C20H22N6O6S3/c1-10-6-7-25(32)24-17(10)34-9-11-4-5-12-14(18(28)26(12)35(11)20(30)31)22-16(27)15(23-19(21)29)13-3-2-8-33-13/h2-3,6-8,12,14-15H,4-5,9H2,1H3,(H,22,27)(H,30,31)(H3,21,23,29)/t12?,14-,15?,35?/m0/s1. The van der Waals surface area contributed by atoms with E-state index in [1.807, 2.05) is 0 Å². The van der Waals surface area contributed by atoms with Crippen LogP contribution in [0.25, 0.3) is 0 Å². The molecule has 0 saturated carbocycles. The number of nitrogens with two attached hydrogens (primary N) is 1. The summed E-state index contributed by atoms with van der Waals surface area (Å²) >= 11 is 2.51. The number of nitrogens with one attached hydrogen (secondary N) is 2. The number of rotatable bonds is 7. The molecule has 4 amide bonds. The van der Waals surface area contributed by atoms with Crippen molar-refractivity contribution >= 4 is 61.8 Å². The first-order valence-electron chi connectivity index (χ1n) is 10.4. The van der Waals surface area contributed by atoms with E-state index < -0.39 is 51.9 Å². The van der Waals surface area contributed by atoms with Crippen molar-refractivity contribution in [3.63, 3.8) is 0 Å². The molecule has 0 aromatic carbocycles. The highest BCUT2D eigenvalue weighted by molar-refractivity contribution is 8.27. The van der Waals surface area contributed by atoms with Crippen LogP contribution in [0.2, 0.25) is 0 Å². The molecule has 5 N–H and O–H groups in total. The van der Waals surface area contributed by atoms with Gasteiger partial charge in [0.1, 0.15) is 12.1 Å². The molecule has 1 saturated heterocycles. The van der Waals surface area contributed by atoms with Crippen LogP contribution < -0.4 is 21.2 Å². The van der Waals surface area contributed by atoms with Crippen molar-refractivity contribution < 1.29 is 29.1 Å². The number of carbonyl (C=O) groups is 4. The van der Waals surface area contributed by atoms with Crippen LogP contribution in [0, 0.1) is 12.1 Å². The maximum atomic E-state index is 13.0. The largest absolute Gasteiger partial charge is 0.594 e. The molecule has 0 radical (unpaired) electrons. The van der Waals surface area contributed by atoms with Crippen LogP contribution in [-0.2, 0) is 9.59 Å². The molecular formula is C20H22N6O6S3. The van der Waals surface area contributed by atoms with Gasteiger partial charge in [0, 0.05) is 32.5 Å². The Labute approximate surface area is 210 Å². The minimum absolute atomic E-state index is 0.295. The molecule has 12 nitrogen and oxygen atoms in total. The van der Waals surface area contributed by atoms with Crippen LogP contribution in [0.5, 0.6) is 0 Å². The highest BCUT2D eigenvalue weighted by Gasteiger charge is 2.53. The predicted octanol–water partition coefficient (Wildman–Crippen LogP) is 1.11. The van der Waals surface area contributed by atoms with E-state index in [0.29, 0.717) is 38.2 Å². The normalized spacial score (nSPS) is 22.1. The number of amides is 4. The highest BCUT2D eigenvalue weighted by Crippen LogP contribution is 2.43. The van der Waals surface area contributed by atoms with Crippen LogP contribution in [0.15, 0.2) is 34.8 Å². The van der Waals surface area contributed by atoms with Gasteiger partial charge in [0.15, 0.2) is 5.03 Å². The molecule has 186 valence electrons. The number of carbonyl (C=O) groups excluding carboxylic acids is 3. The Bertz CT molecular complexity index is 1220. The maximum absolute atomic E-state index is 13.0. The minimum atomic E-state index is -1.48. The van der Waals surface area contributed by atoms with E-state index in [4.69, 9.17) is 5.73 Å². The number of hydrogen-bond acceptors (Lipinski definition) is 8. The van der Waals surface area contributed by atoms with Gasteiger partial charge in [-0.2, -0.15) is 0 Å². The van der Waals surface area contributed by atoms with Crippen LogP contribution in [0.3, 0.4) is 0 Å². The molecule has 4 atom stereocenters. The third-order valence-electron chi connectivity index (χ3n) is 5.55. The number of hydrogen-bond donors (Lipinski definition) is 4. The molecular weight excluding hydrogens is 516 g/mol. The summed E-state index contributed by atoms with van der Waals surface area (Å²) in [5, 5.41) is 31.4.